The largest absolute Gasteiger partial charge is 0.481 e. The van der Waals surface area contributed by atoms with Crippen molar-refractivity contribution in [2.45, 2.75) is 38.2 Å². The number of alkyl halides is 2. The smallest absolute Gasteiger partial charge is 0.308 e. The molecule has 14 heavy (non-hydrogen) atoms. The van der Waals surface area contributed by atoms with Gasteiger partial charge < -0.3 is 10.4 Å². The molecule has 1 aliphatic carbocycles. The van der Waals surface area contributed by atoms with E-state index in [0.29, 0.717) is 6.54 Å². The molecule has 1 saturated carbocycles. The van der Waals surface area contributed by atoms with Crippen LogP contribution >= 0.6 is 0 Å². The van der Waals surface area contributed by atoms with Crippen LogP contribution in [0.3, 0.4) is 0 Å². The molecule has 0 aliphatic heterocycles. The molecule has 0 aromatic carbocycles. The van der Waals surface area contributed by atoms with E-state index in [0.717, 1.165) is 0 Å². The summed E-state index contributed by atoms with van der Waals surface area (Å²) in [5.74, 6) is -4.90. The molecule has 2 N–H and O–H groups in total. The number of halogens is 2. The number of carboxylic acid groups (broad SMARTS) is 1. The lowest BCUT2D eigenvalue weighted by atomic mass is 9.82. The normalized spacial score (nSPS) is 31.4. The summed E-state index contributed by atoms with van der Waals surface area (Å²) in [6.45, 7) is 2.45. The van der Waals surface area contributed by atoms with Gasteiger partial charge in [-0.25, -0.2) is 8.78 Å². The maximum Gasteiger partial charge on any atom is 0.308 e. The van der Waals surface area contributed by atoms with Crippen molar-refractivity contribution in [1.29, 1.82) is 0 Å². The van der Waals surface area contributed by atoms with Gasteiger partial charge in [-0.3, -0.25) is 4.79 Å². The number of aliphatic carboxylic acids is 1. The number of rotatable bonds is 3. The van der Waals surface area contributed by atoms with Gasteiger partial charge in [-0.15, -0.1) is 0 Å². The fraction of sp³-hybridized carbons (Fsp3) is 0.889. The maximum absolute atomic E-state index is 12.9. The van der Waals surface area contributed by atoms with Crippen LogP contribution in [-0.2, 0) is 4.79 Å². The molecule has 5 heteroatoms. The zero-order valence-electron chi connectivity index (χ0n) is 8.09. The second kappa shape index (κ2) is 4.21. The zero-order valence-corrected chi connectivity index (χ0v) is 8.09. The van der Waals surface area contributed by atoms with E-state index < -0.39 is 24.2 Å². The van der Waals surface area contributed by atoms with Gasteiger partial charge in [0, 0.05) is 18.9 Å². The first-order valence-corrected chi connectivity index (χ1v) is 4.80. The molecule has 2 atom stereocenters. The van der Waals surface area contributed by atoms with Gasteiger partial charge in [0.2, 0.25) is 5.92 Å². The van der Waals surface area contributed by atoms with Gasteiger partial charge >= 0.3 is 5.97 Å². The van der Waals surface area contributed by atoms with Crippen LogP contribution in [0, 0.1) is 5.92 Å². The predicted molar refractivity (Wildman–Crippen MR) is 47.4 cm³/mol. The molecule has 0 heterocycles. The molecule has 0 spiro atoms. The van der Waals surface area contributed by atoms with Crippen LogP contribution in [0.1, 0.15) is 26.2 Å². The van der Waals surface area contributed by atoms with Crippen LogP contribution in [0.15, 0.2) is 0 Å². The summed E-state index contributed by atoms with van der Waals surface area (Å²) in [7, 11) is 0. The summed E-state index contributed by atoms with van der Waals surface area (Å²) in [4.78, 5) is 10.8. The van der Waals surface area contributed by atoms with Crippen LogP contribution < -0.4 is 5.32 Å². The van der Waals surface area contributed by atoms with Crippen molar-refractivity contribution < 1.29 is 18.7 Å². The van der Waals surface area contributed by atoms with E-state index in [4.69, 9.17) is 5.11 Å². The fourth-order valence-electron chi connectivity index (χ4n) is 1.90. The fourth-order valence-corrected chi connectivity index (χ4v) is 1.90. The first-order valence-electron chi connectivity index (χ1n) is 4.80. The van der Waals surface area contributed by atoms with Gasteiger partial charge in [0.25, 0.3) is 0 Å². The standard InChI is InChI=1S/C9H15F2NO2/c1-2-12-7-3-4-9(10,11)5-6(7)8(13)14/h6-7,12H,2-5H2,1H3,(H,13,14)/t6-,7+/m0/s1. The Hall–Kier alpha value is -0.710. The highest BCUT2D eigenvalue weighted by Gasteiger charge is 2.44. The first-order chi connectivity index (χ1) is 6.46. The molecule has 82 valence electrons. The Morgan fingerprint density at radius 3 is 2.79 bits per heavy atom. The number of carbonyl (C=O) groups is 1. The summed E-state index contributed by atoms with van der Waals surface area (Å²) in [5, 5.41) is 11.7. The Bertz CT molecular complexity index is 221. The highest BCUT2D eigenvalue weighted by molar-refractivity contribution is 5.71. The predicted octanol–water partition coefficient (Wildman–Crippen LogP) is 1.48. The number of carboxylic acids is 1. The molecule has 1 fully saturated rings. The minimum atomic E-state index is -2.81. The van der Waals surface area contributed by atoms with E-state index in [1.807, 2.05) is 6.92 Å². The van der Waals surface area contributed by atoms with Crippen molar-refractivity contribution in [1.82, 2.24) is 5.32 Å². The lowest BCUT2D eigenvalue weighted by molar-refractivity contribution is -0.151. The average Bonchev–Trinajstić information content (AvgIpc) is 2.08. The topological polar surface area (TPSA) is 49.3 Å². The Morgan fingerprint density at radius 2 is 2.29 bits per heavy atom. The molecular weight excluding hydrogens is 192 g/mol. The molecule has 1 aliphatic rings. The van der Waals surface area contributed by atoms with Crippen molar-refractivity contribution in [3.05, 3.63) is 0 Å². The molecule has 0 bridgehead atoms. The van der Waals surface area contributed by atoms with Gasteiger partial charge in [-0.2, -0.15) is 0 Å². The van der Waals surface area contributed by atoms with Crippen molar-refractivity contribution in [3.8, 4) is 0 Å². The van der Waals surface area contributed by atoms with Crippen LogP contribution in [0.2, 0.25) is 0 Å². The molecule has 0 aromatic heterocycles. The number of hydrogen-bond donors (Lipinski definition) is 2. The van der Waals surface area contributed by atoms with E-state index in [1.165, 1.54) is 0 Å². The first kappa shape index (κ1) is 11.4. The Kier molecular flexibility index (Phi) is 3.42. The average molecular weight is 207 g/mol. The third kappa shape index (κ3) is 2.64. The number of nitrogens with one attached hydrogen (secondary N) is 1. The van der Waals surface area contributed by atoms with Crippen molar-refractivity contribution in [3.63, 3.8) is 0 Å². The lowest BCUT2D eigenvalue weighted by Gasteiger charge is -2.33. The highest BCUT2D eigenvalue weighted by atomic mass is 19.3. The van der Waals surface area contributed by atoms with Gasteiger partial charge in [0.05, 0.1) is 5.92 Å². The lowest BCUT2D eigenvalue weighted by Crippen LogP contribution is -2.47. The monoisotopic (exact) mass is 207 g/mol. The van der Waals surface area contributed by atoms with Crippen molar-refractivity contribution in [2.75, 3.05) is 6.54 Å². The second-order valence-electron chi connectivity index (χ2n) is 3.71. The van der Waals surface area contributed by atoms with Gasteiger partial charge in [-0.05, 0) is 13.0 Å². The van der Waals surface area contributed by atoms with E-state index in [9.17, 15) is 13.6 Å². The van der Waals surface area contributed by atoms with E-state index in [-0.39, 0.29) is 18.9 Å². The minimum Gasteiger partial charge on any atom is -0.481 e. The molecule has 0 unspecified atom stereocenters. The number of hydrogen-bond acceptors (Lipinski definition) is 2. The van der Waals surface area contributed by atoms with Crippen LogP contribution in [-0.4, -0.2) is 29.6 Å². The maximum atomic E-state index is 12.9. The minimum absolute atomic E-state index is 0.214. The van der Waals surface area contributed by atoms with Gasteiger partial charge in [-0.1, -0.05) is 6.92 Å². The van der Waals surface area contributed by atoms with Crippen molar-refractivity contribution in [2.24, 2.45) is 5.92 Å². The summed E-state index contributed by atoms with van der Waals surface area (Å²) in [6, 6.07) is -0.308. The molecule has 3 nitrogen and oxygen atoms in total. The van der Waals surface area contributed by atoms with Gasteiger partial charge in [0.1, 0.15) is 0 Å². The van der Waals surface area contributed by atoms with Crippen LogP contribution in [0.25, 0.3) is 0 Å². The molecule has 0 saturated heterocycles. The summed E-state index contributed by atoms with van der Waals surface area (Å²) in [6.07, 6.45) is -0.522. The molecule has 1 rings (SSSR count). The van der Waals surface area contributed by atoms with E-state index >= 15 is 0 Å². The molecule has 0 aromatic rings. The third-order valence-electron chi connectivity index (χ3n) is 2.61. The Morgan fingerprint density at radius 1 is 1.64 bits per heavy atom. The molecular formula is C9H15F2NO2. The summed E-state index contributed by atoms with van der Waals surface area (Å²) < 4.78 is 25.9. The Balaban J connectivity index is 2.65. The van der Waals surface area contributed by atoms with Crippen LogP contribution in [0.5, 0.6) is 0 Å². The Labute approximate surface area is 81.5 Å². The van der Waals surface area contributed by atoms with Gasteiger partial charge in [0.15, 0.2) is 0 Å². The third-order valence-corrected chi connectivity index (χ3v) is 2.61. The summed E-state index contributed by atoms with van der Waals surface area (Å²) in [5.41, 5.74) is 0. The quantitative estimate of drug-likeness (QED) is 0.737. The molecule has 0 amide bonds. The highest BCUT2D eigenvalue weighted by Crippen LogP contribution is 2.36. The zero-order chi connectivity index (χ0) is 10.8. The van der Waals surface area contributed by atoms with Crippen LogP contribution in [0.4, 0.5) is 8.78 Å². The second-order valence-corrected chi connectivity index (χ2v) is 3.71. The van der Waals surface area contributed by atoms with Crippen molar-refractivity contribution >= 4 is 5.97 Å². The SMILES string of the molecule is CCN[C@@H]1CCC(F)(F)C[C@@H]1C(=O)O. The molecule has 0 radical (unpaired) electrons. The van der Waals surface area contributed by atoms with E-state index in [2.05, 4.69) is 5.32 Å². The summed E-state index contributed by atoms with van der Waals surface area (Å²) >= 11 is 0. The van der Waals surface area contributed by atoms with E-state index in [1.54, 1.807) is 0 Å².